The second kappa shape index (κ2) is 8.56. The quantitative estimate of drug-likeness (QED) is 0.801. The number of thioether (sulfide) groups is 1. The Balaban J connectivity index is 1.47. The molecular formula is C19H26N2O2S. The maximum atomic E-state index is 12.3. The minimum Gasteiger partial charge on any atom is -0.351 e. The second-order valence-corrected chi connectivity index (χ2v) is 7.99. The predicted octanol–water partition coefficient (Wildman–Crippen LogP) is 3.61. The third kappa shape index (κ3) is 4.53. The van der Waals surface area contributed by atoms with E-state index in [0.29, 0.717) is 18.5 Å². The van der Waals surface area contributed by atoms with Crippen molar-refractivity contribution in [2.75, 3.05) is 23.7 Å². The molecule has 3 rings (SSSR count). The predicted molar refractivity (Wildman–Crippen MR) is 99.7 cm³/mol. The van der Waals surface area contributed by atoms with Gasteiger partial charge in [0.1, 0.15) is 0 Å². The van der Waals surface area contributed by atoms with Gasteiger partial charge in [0.05, 0.1) is 0 Å². The molecule has 130 valence electrons. The number of rotatable bonds is 6. The van der Waals surface area contributed by atoms with Crippen molar-refractivity contribution >= 4 is 29.3 Å². The summed E-state index contributed by atoms with van der Waals surface area (Å²) in [6, 6.07) is 7.39. The number of nitrogens with zero attached hydrogens (tertiary/aromatic N) is 1. The van der Waals surface area contributed by atoms with Crippen LogP contribution in [0.2, 0.25) is 0 Å². The fourth-order valence-corrected chi connectivity index (χ4v) is 4.68. The molecule has 2 aliphatic rings. The van der Waals surface area contributed by atoms with Crippen molar-refractivity contribution in [2.45, 2.75) is 50.2 Å². The summed E-state index contributed by atoms with van der Waals surface area (Å²) in [5.74, 6) is 1.07. The zero-order valence-electron chi connectivity index (χ0n) is 14.1. The number of carbonyl (C=O) groups is 2. The lowest BCUT2D eigenvalue weighted by molar-refractivity contribution is -0.117. The molecule has 1 heterocycles. The summed E-state index contributed by atoms with van der Waals surface area (Å²) in [5, 5.41) is 3.78. The lowest BCUT2D eigenvalue weighted by Crippen LogP contribution is -2.27. The van der Waals surface area contributed by atoms with Gasteiger partial charge in [0.2, 0.25) is 5.91 Å². The molecule has 1 aliphatic heterocycles. The van der Waals surface area contributed by atoms with E-state index >= 15 is 0 Å². The minimum atomic E-state index is -0.0484. The molecule has 0 unspecified atom stereocenters. The Bertz CT molecular complexity index is 584. The van der Waals surface area contributed by atoms with Gasteiger partial charge in [0.15, 0.2) is 0 Å². The molecule has 0 radical (unpaired) electrons. The lowest BCUT2D eigenvalue weighted by atomic mass is 10.0. The third-order valence-corrected chi connectivity index (χ3v) is 6.17. The van der Waals surface area contributed by atoms with Gasteiger partial charge in [-0.05, 0) is 37.5 Å². The van der Waals surface area contributed by atoms with Crippen LogP contribution in [0, 0.1) is 0 Å². The topological polar surface area (TPSA) is 49.4 Å². The van der Waals surface area contributed by atoms with Crippen molar-refractivity contribution in [1.29, 1.82) is 0 Å². The average Bonchev–Trinajstić information content (AvgIpc) is 3.05. The number of carbonyl (C=O) groups excluding carboxylic acids is 2. The van der Waals surface area contributed by atoms with E-state index < -0.39 is 0 Å². The molecule has 24 heavy (non-hydrogen) atoms. The smallest absolute Gasteiger partial charge is 0.251 e. The highest BCUT2D eigenvalue weighted by Crippen LogP contribution is 2.27. The molecule has 0 bridgehead atoms. The van der Waals surface area contributed by atoms with Crippen molar-refractivity contribution in [3.63, 3.8) is 0 Å². The van der Waals surface area contributed by atoms with Gasteiger partial charge < -0.3 is 10.2 Å². The van der Waals surface area contributed by atoms with Crippen LogP contribution in [0.3, 0.4) is 0 Å². The Morgan fingerprint density at radius 1 is 1.21 bits per heavy atom. The van der Waals surface area contributed by atoms with Gasteiger partial charge in [-0.15, -0.1) is 0 Å². The number of hydrogen-bond donors (Lipinski definition) is 1. The number of nitrogens with one attached hydrogen (secondary N) is 1. The highest BCUT2D eigenvalue weighted by atomic mass is 32.2. The van der Waals surface area contributed by atoms with Gasteiger partial charge >= 0.3 is 0 Å². The van der Waals surface area contributed by atoms with Crippen molar-refractivity contribution < 1.29 is 9.59 Å². The van der Waals surface area contributed by atoms with E-state index in [0.717, 1.165) is 29.7 Å². The number of anilines is 1. The SMILES string of the molecule is O=C(NCCSC1CCCCC1)c1cccc(N2CCCC2=O)c1. The average molecular weight is 346 g/mol. The van der Waals surface area contributed by atoms with E-state index in [1.807, 2.05) is 36.0 Å². The number of amides is 2. The molecule has 4 nitrogen and oxygen atoms in total. The van der Waals surface area contributed by atoms with Gasteiger partial charge in [-0.1, -0.05) is 25.3 Å². The Morgan fingerprint density at radius 3 is 2.79 bits per heavy atom. The molecule has 1 aromatic rings. The number of hydrogen-bond acceptors (Lipinski definition) is 3. The van der Waals surface area contributed by atoms with Crippen LogP contribution < -0.4 is 10.2 Å². The van der Waals surface area contributed by atoms with Gasteiger partial charge in [-0.25, -0.2) is 0 Å². The summed E-state index contributed by atoms with van der Waals surface area (Å²) in [4.78, 5) is 25.9. The normalized spacial score (nSPS) is 18.8. The van der Waals surface area contributed by atoms with E-state index in [2.05, 4.69) is 5.32 Å². The van der Waals surface area contributed by atoms with Crippen molar-refractivity contribution in [1.82, 2.24) is 5.32 Å². The fraction of sp³-hybridized carbons (Fsp3) is 0.579. The fourth-order valence-electron chi connectivity index (χ4n) is 3.46. The molecule has 1 aromatic carbocycles. The molecule has 5 heteroatoms. The standard InChI is InChI=1S/C19H26N2O2S/c22-18-10-5-12-21(18)16-7-4-6-15(14-16)19(23)20-11-13-24-17-8-2-1-3-9-17/h4,6-7,14,17H,1-3,5,8-13H2,(H,20,23). The van der Waals surface area contributed by atoms with Crippen LogP contribution >= 0.6 is 11.8 Å². The van der Waals surface area contributed by atoms with Gasteiger partial charge in [0, 0.05) is 41.8 Å². The van der Waals surface area contributed by atoms with Crippen LogP contribution in [0.25, 0.3) is 0 Å². The first-order valence-corrected chi connectivity index (χ1v) is 10.1. The highest BCUT2D eigenvalue weighted by molar-refractivity contribution is 7.99. The van der Waals surface area contributed by atoms with Crippen molar-refractivity contribution in [3.8, 4) is 0 Å². The summed E-state index contributed by atoms with van der Waals surface area (Å²) in [6.45, 7) is 1.45. The third-order valence-electron chi connectivity index (χ3n) is 4.79. The van der Waals surface area contributed by atoms with E-state index in [1.165, 1.54) is 32.1 Å². The van der Waals surface area contributed by atoms with Crippen LogP contribution in [0.1, 0.15) is 55.3 Å². The molecule has 2 amide bonds. The van der Waals surface area contributed by atoms with Gasteiger partial charge in [-0.3, -0.25) is 9.59 Å². The maximum absolute atomic E-state index is 12.3. The molecular weight excluding hydrogens is 320 g/mol. The Hall–Kier alpha value is -1.49. The van der Waals surface area contributed by atoms with E-state index in [1.54, 1.807) is 4.90 Å². The monoisotopic (exact) mass is 346 g/mol. The summed E-state index contributed by atoms with van der Waals surface area (Å²) < 4.78 is 0. The number of benzene rings is 1. The molecule has 0 spiro atoms. The zero-order valence-corrected chi connectivity index (χ0v) is 14.9. The summed E-state index contributed by atoms with van der Waals surface area (Å²) in [5.41, 5.74) is 1.47. The minimum absolute atomic E-state index is 0.0484. The Morgan fingerprint density at radius 2 is 2.04 bits per heavy atom. The molecule has 1 N–H and O–H groups in total. The maximum Gasteiger partial charge on any atom is 0.251 e. The Kier molecular flexibility index (Phi) is 6.18. The molecule has 0 atom stereocenters. The molecule has 1 saturated carbocycles. The first-order chi connectivity index (χ1) is 11.7. The summed E-state index contributed by atoms with van der Waals surface area (Å²) >= 11 is 1.99. The summed E-state index contributed by atoms with van der Waals surface area (Å²) in [6.07, 6.45) is 8.24. The molecule has 0 aromatic heterocycles. The van der Waals surface area contributed by atoms with Gasteiger partial charge in [0.25, 0.3) is 5.91 Å². The zero-order chi connectivity index (χ0) is 16.8. The first-order valence-electron chi connectivity index (χ1n) is 9.04. The van der Waals surface area contributed by atoms with Crippen LogP contribution in [0.4, 0.5) is 5.69 Å². The van der Waals surface area contributed by atoms with E-state index in [4.69, 9.17) is 0 Å². The highest BCUT2D eigenvalue weighted by Gasteiger charge is 2.22. The molecule has 1 saturated heterocycles. The molecule has 1 aliphatic carbocycles. The van der Waals surface area contributed by atoms with Crippen molar-refractivity contribution in [3.05, 3.63) is 29.8 Å². The van der Waals surface area contributed by atoms with E-state index in [-0.39, 0.29) is 11.8 Å². The second-order valence-electron chi connectivity index (χ2n) is 6.59. The Labute approximate surface area is 148 Å². The van der Waals surface area contributed by atoms with Crippen LogP contribution in [-0.2, 0) is 4.79 Å². The molecule has 2 fully saturated rings. The largest absolute Gasteiger partial charge is 0.351 e. The van der Waals surface area contributed by atoms with Crippen LogP contribution in [0.15, 0.2) is 24.3 Å². The van der Waals surface area contributed by atoms with Gasteiger partial charge in [-0.2, -0.15) is 11.8 Å². The first kappa shape index (κ1) is 17.3. The van der Waals surface area contributed by atoms with E-state index in [9.17, 15) is 9.59 Å². The van der Waals surface area contributed by atoms with Crippen LogP contribution in [0.5, 0.6) is 0 Å². The van der Waals surface area contributed by atoms with Crippen molar-refractivity contribution in [2.24, 2.45) is 0 Å². The van der Waals surface area contributed by atoms with Crippen LogP contribution in [-0.4, -0.2) is 35.9 Å². The summed E-state index contributed by atoms with van der Waals surface area (Å²) in [7, 11) is 0. The lowest BCUT2D eigenvalue weighted by Gasteiger charge is -2.21.